The van der Waals surface area contributed by atoms with Crippen molar-refractivity contribution in [3.05, 3.63) is 45.1 Å². The predicted molar refractivity (Wildman–Crippen MR) is 69.4 cm³/mol. The summed E-state index contributed by atoms with van der Waals surface area (Å²) in [5, 5.41) is 3.64. The Morgan fingerprint density at radius 2 is 2.06 bits per heavy atom. The zero-order valence-electron chi connectivity index (χ0n) is 7.92. The molecule has 0 aliphatic carbocycles. The van der Waals surface area contributed by atoms with Gasteiger partial charge in [-0.05, 0) is 40.8 Å². The largest absolute Gasteiger partial charge is 0.339 e. The van der Waals surface area contributed by atoms with Crippen molar-refractivity contribution in [2.45, 2.75) is 0 Å². The molecular formula is C10H6ClFIN3. The van der Waals surface area contributed by atoms with E-state index in [0.29, 0.717) is 10.8 Å². The van der Waals surface area contributed by atoms with Gasteiger partial charge in [-0.1, -0.05) is 11.6 Å². The molecule has 0 spiro atoms. The van der Waals surface area contributed by atoms with Crippen LogP contribution in [0.2, 0.25) is 5.02 Å². The van der Waals surface area contributed by atoms with E-state index in [1.807, 2.05) is 12.1 Å². The Balaban J connectivity index is 2.27. The number of nitrogens with zero attached hydrogens (tertiary/aromatic N) is 2. The first kappa shape index (κ1) is 11.5. The molecule has 0 unspecified atom stereocenters. The summed E-state index contributed by atoms with van der Waals surface area (Å²) in [4.78, 5) is 7.28. The highest BCUT2D eigenvalue weighted by atomic mass is 127. The van der Waals surface area contributed by atoms with E-state index in [1.54, 1.807) is 6.07 Å². The standard InChI is InChI=1S/C10H6ClFIN3/c11-6-1-2-8(7(13)3-6)16-10-4-9(12)14-5-15-10/h1-5H,(H,14,15,16). The Bertz CT molecular complexity index is 521. The highest BCUT2D eigenvalue weighted by Gasteiger charge is 2.03. The molecule has 0 aliphatic rings. The molecule has 2 rings (SSSR count). The second-order valence-electron chi connectivity index (χ2n) is 2.98. The maximum Gasteiger partial charge on any atom is 0.218 e. The minimum atomic E-state index is -0.568. The first-order chi connectivity index (χ1) is 7.65. The van der Waals surface area contributed by atoms with Crippen LogP contribution in [0.3, 0.4) is 0 Å². The van der Waals surface area contributed by atoms with Crippen molar-refractivity contribution in [1.82, 2.24) is 9.97 Å². The van der Waals surface area contributed by atoms with Crippen LogP contribution in [0.25, 0.3) is 0 Å². The molecule has 1 heterocycles. The van der Waals surface area contributed by atoms with Gasteiger partial charge in [0.1, 0.15) is 12.1 Å². The zero-order chi connectivity index (χ0) is 11.5. The first-order valence-corrected chi connectivity index (χ1v) is 5.80. The summed E-state index contributed by atoms with van der Waals surface area (Å²) in [6, 6.07) is 6.60. The molecular weight excluding hydrogens is 343 g/mol. The van der Waals surface area contributed by atoms with Crippen LogP contribution in [0.5, 0.6) is 0 Å². The van der Waals surface area contributed by atoms with Crippen LogP contribution in [0, 0.1) is 9.52 Å². The maximum atomic E-state index is 12.8. The molecule has 1 N–H and O–H groups in total. The Labute approximate surface area is 110 Å². The molecule has 0 fully saturated rings. The number of hydrogen-bond donors (Lipinski definition) is 1. The van der Waals surface area contributed by atoms with Gasteiger partial charge in [0.25, 0.3) is 0 Å². The lowest BCUT2D eigenvalue weighted by Crippen LogP contribution is -1.97. The topological polar surface area (TPSA) is 37.8 Å². The fourth-order valence-electron chi connectivity index (χ4n) is 1.13. The summed E-state index contributed by atoms with van der Waals surface area (Å²) in [5.41, 5.74) is 0.822. The SMILES string of the molecule is Fc1cc(Nc2ccc(Cl)cc2I)ncn1. The Morgan fingerprint density at radius 1 is 1.25 bits per heavy atom. The molecule has 6 heteroatoms. The molecule has 1 aromatic heterocycles. The maximum absolute atomic E-state index is 12.8. The number of halogens is 3. The normalized spacial score (nSPS) is 10.2. The van der Waals surface area contributed by atoms with E-state index >= 15 is 0 Å². The number of aromatic nitrogens is 2. The molecule has 0 amide bonds. The number of rotatable bonds is 2. The number of benzene rings is 1. The molecule has 0 saturated carbocycles. The second-order valence-corrected chi connectivity index (χ2v) is 4.57. The van der Waals surface area contributed by atoms with Crippen molar-refractivity contribution in [2.75, 3.05) is 5.32 Å². The number of anilines is 2. The summed E-state index contributed by atoms with van der Waals surface area (Å²) >= 11 is 7.96. The third-order valence-electron chi connectivity index (χ3n) is 1.83. The molecule has 2 aromatic rings. The van der Waals surface area contributed by atoms with E-state index in [1.165, 1.54) is 12.4 Å². The van der Waals surface area contributed by atoms with Crippen molar-refractivity contribution in [3.63, 3.8) is 0 Å². The average molecular weight is 350 g/mol. The highest BCUT2D eigenvalue weighted by Crippen LogP contribution is 2.24. The van der Waals surface area contributed by atoms with Crippen LogP contribution in [-0.2, 0) is 0 Å². The van der Waals surface area contributed by atoms with Crippen molar-refractivity contribution < 1.29 is 4.39 Å². The van der Waals surface area contributed by atoms with Gasteiger partial charge >= 0.3 is 0 Å². The lowest BCUT2D eigenvalue weighted by molar-refractivity contribution is 0.580. The van der Waals surface area contributed by atoms with Crippen LogP contribution in [0.15, 0.2) is 30.6 Å². The summed E-state index contributed by atoms with van der Waals surface area (Å²) in [5.74, 6) is -0.158. The van der Waals surface area contributed by atoms with E-state index in [0.717, 1.165) is 9.26 Å². The van der Waals surface area contributed by atoms with Crippen LogP contribution in [0.1, 0.15) is 0 Å². The fraction of sp³-hybridized carbons (Fsp3) is 0. The van der Waals surface area contributed by atoms with Crippen molar-refractivity contribution >= 4 is 45.7 Å². The highest BCUT2D eigenvalue weighted by molar-refractivity contribution is 14.1. The molecule has 3 nitrogen and oxygen atoms in total. The van der Waals surface area contributed by atoms with Gasteiger partial charge in [0.2, 0.25) is 5.95 Å². The van der Waals surface area contributed by atoms with Crippen LogP contribution < -0.4 is 5.32 Å². The van der Waals surface area contributed by atoms with Crippen LogP contribution >= 0.6 is 34.2 Å². The summed E-state index contributed by atoms with van der Waals surface area (Å²) in [6.07, 6.45) is 1.17. The lowest BCUT2D eigenvalue weighted by Gasteiger charge is -2.07. The molecule has 0 atom stereocenters. The third-order valence-corrected chi connectivity index (χ3v) is 2.96. The second kappa shape index (κ2) is 4.92. The lowest BCUT2D eigenvalue weighted by atomic mass is 10.3. The van der Waals surface area contributed by atoms with Gasteiger partial charge in [-0.2, -0.15) is 4.39 Å². The smallest absolute Gasteiger partial charge is 0.218 e. The molecule has 0 saturated heterocycles. The fourth-order valence-corrected chi connectivity index (χ4v) is 2.14. The van der Waals surface area contributed by atoms with Gasteiger partial charge < -0.3 is 5.32 Å². The monoisotopic (exact) mass is 349 g/mol. The third kappa shape index (κ3) is 2.79. The Hall–Kier alpha value is -0.950. The molecule has 1 aromatic carbocycles. The minimum Gasteiger partial charge on any atom is -0.339 e. The van der Waals surface area contributed by atoms with Crippen molar-refractivity contribution in [2.24, 2.45) is 0 Å². The molecule has 82 valence electrons. The predicted octanol–water partition coefficient (Wildman–Crippen LogP) is 3.62. The van der Waals surface area contributed by atoms with Crippen LogP contribution in [0.4, 0.5) is 15.9 Å². The molecule has 0 aliphatic heterocycles. The Morgan fingerprint density at radius 3 is 2.75 bits per heavy atom. The average Bonchev–Trinajstić information content (AvgIpc) is 2.22. The summed E-state index contributed by atoms with van der Waals surface area (Å²) in [7, 11) is 0. The van der Waals surface area contributed by atoms with E-state index in [-0.39, 0.29) is 0 Å². The number of nitrogens with one attached hydrogen (secondary N) is 1. The van der Waals surface area contributed by atoms with Gasteiger partial charge in [0.15, 0.2) is 0 Å². The van der Waals surface area contributed by atoms with E-state index in [2.05, 4.69) is 37.9 Å². The summed E-state index contributed by atoms with van der Waals surface area (Å²) in [6.45, 7) is 0. The van der Waals surface area contributed by atoms with Gasteiger partial charge in [-0.3, -0.25) is 0 Å². The van der Waals surface area contributed by atoms with E-state index in [9.17, 15) is 4.39 Å². The van der Waals surface area contributed by atoms with Gasteiger partial charge in [0, 0.05) is 14.7 Å². The minimum absolute atomic E-state index is 0.410. The van der Waals surface area contributed by atoms with Gasteiger partial charge in [0.05, 0.1) is 5.69 Å². The first-order valence-electron chi connectivity index (χ1n) is 4.35. The van der Waals surface area contributed by atoms with Crippen molar-refractivity contribution in [3.8, 4) is 0 Å². The summed E-state index contributed by atoms with van der Waals surface area (Å²) < 4.78 is 13.8. The Kier molecular flexibility index (Phi) is 3.55. The number of hydrogen-bond acceptors (Lipinski definition) is 3. The van der Waals surface area contributed by atoms with E-state index < -0.39 is 5.95 Å². The quantitative estimate of drug-likeness (QED) is 0.665. The zero-order valence-corrected chi connectivity index (χ0v) is 10.8. The molecule has 16 heavy (non-hydrogen) atoms. The molecule has 0 bridgehead atoms. The van der Waals surface area contributed by atoms with E-state index in [4.69, 9.17) is 11.6 Å². The van der Waals surface area contributed by atoms with Crippen molar-refractivity contribution in [1.29, 1.82) is 0 Å². The molecule has 0 radical (unpaired) electrons. The van der Waals surface area contributed by atoms with Gasteiger partial charge in [-0.15, -0.1) is 0 Å². The van der Waals surface area contributed by atoms with Crippen LogP contribution in [-0.4, -0.2) is 9.97 Å². The van der Waals surface area contributed by atoms with Gasteiger partial charge in [-0.25, -0.2) is 9.97 Å².